The molecule has 3 N–H and O–H groups in total. The Kier molecular flexibility index (Phi) is 7.21. The summed E-state index contributed by atoms with van der Waals surface area (Å²) >= 11 is 0. The molecule has 0 aliphatic heterocycles. The van der Waals surface area contributed by atoms with E-state index in [9.17, 15) is 4.39 Å². The maximum absolute atomic E-state index is 13.4. The summed E-state index contributed by atoms with van der Waals surface area (Å²) < 4.78 is 13.4. The quantitative estimate of drug-likeness (QED) is 0.331. The van der Waals surface area contributed by atoms with Crippen molar-refractivity contribution in [3.63, 3.8) is 0 Å². The Labute approximate surface area is 185 Å². The van der Waals surface area contributed by atoms with Crippen molar-refractivity contribution in [2.75, 3.05) is 6.54 Å². The minimum Gasteiger partial charge on any atom is -0.312 e. The zero-order chi connectivity index (χ0) is 22.2. The molecule has 0 spiro atoms. The van der Waals surface area contributed by atoms with E-state index in [1.54, 1.807) is 19.3 Å². The number of aromatic amines is 1. The summed E-state index contributed by atoms with van der Waals surface area (Å²) in [4.78, 5) is 8.70. The van der Waals surface area contributed by atoms with Gasteiger partial charge in [0.15, 0.2) is 0 Å². The second-order valence-corrected chi connectivity index (χ2v) is 7.55. The number of hydrogen-bond donors (Lipinski definition) is 3. The lowest BCUT2D eigenvalue weighted by Gasteiger charge is -2.08. The summed E-state index contributed by atoms with van der Waals surface area (Å²) in [6.07, 6.45) is 2.42. The average Bonchev–Trinajstić information content (AvgIpc) is 3.35. The molecule has 8 nitrogen and oxygen atoms in total. The molecule has 9 heteroatoms. The standard InChI is InChI=1S/C23H25FN8/c1-16-10-18(4-7-22(16)24)13-26-14-21-11-20(27-15-28-21)8-9-25-12-17-2-5-19(6-3-17)23-29-31-32-30-23/h2-7,10-11,15,25-26H,8-9,12-14H2,1H3,(H,29,30,31,32). The number of hydrogen-bond acceptors (Lipinski definition) is 7. The van der Waals surface area contributed by atoms with Crippen LogP contribution in [0.15, 0.2) is 54.9 Å². The highest BCUT2D eigenvalue weighted by Gasteiger charge is 2.04. The normalized spacial score (nSPS) is 11.1. The first-order valence-electron chi connectivity index (χ1n) is 10.5. The first-order valence-corrected chi connectivity index (χ1v) is 10.5. The molecule has 0 aliphatic rings. The van der Waals surface area contributed by atoms with Crippen molar-refractivity contribution in [1.82, 2.24) is 41.2 Å². The average molecular weight is 433 g/mol. The van der Waals surface area contributed by atoms with Gasteiger partial charge in [0.1, 0.15) is 12.1 Å². The van der Waals surface area contributed by atoms with Gasteiger partial charge in [0, 0.05) is 43.9 Å². The fourth-order valence-corrected chi connectivity index (χ4v) is 3.33. The molecule has 0 unspecified atom stereocenters. The van der Waals surface area contributed by atoms with Gasteiger partial charge in [-0.3, -0.25) is 0 Å². The van der Waals surface area contributed by atoms with Gasteiger partial charge in [-0.25, -0.2) is 14.4 Å². The molecule has 0 saturated carbocycles. The van der Waals surface area contributed by atoms with Gasteiger partial charge >= 0.3 is 0 Å². The Morgan fingerprint density at radius 1 is 0.875 bits per heavy atom. The molecule has 2 heterocycles. The molecule has 0 atom stereocenters. The van der Waals surface area contributed by atoms with Crippen LogP contribution in [0.5, 0.6) is 0 Å². The van der Waals surface area contributed by atoms with Gasteiger partial charge in [0.2, 0.25) is 5.82 Å². The van der Waals surface area contributed by atoms with Crippen molar-refractivity contribution in [2.24, 2.45) is 0 Å². The number of aryl methyl sites for hydroxylation is 1. The minimum absolute atomic E-state index is 0.177. The monoisotopic (exact) mass is 432 g/mol. The minimum atomic E-state index is -0.177. The van der Waals surface area contributed by atoms with Crippen LogP contribution in [0.4, 0.5) is 4.39 Å². The van der Waals surface area contributed by atoms with Gasteiger partial charge in [-0.1, -0.05) is 36.4 Å². The third kappa shape index (κ3) is 5.99. The molecule has 0 bridgehead atoms. The van der Waals surface area contributed by atoms with E-state index in [0.717, 1.165) is 42.0 Å². The molecule has 4 aromatic rings. The van der Waals surface area contributed by atoms with Gasteiger partial charge in [0.25, 0.3) is 0 Å². The molecule has 32 heavy (non-hydrogen) atoms. The zero-order valence-electron chi connectivity index (χ0n) is 17.8. The highest BCUT2D eigenvalue weighted by molar-refractivity contribution is 5.54. The van der Waals surface area contributed by atoms with Crippen LogP contribution in [0.2, 0.25) is 0 Å². The van der Waals surface area contributed by atoms with Crippen molar-refractivity contribution < 1.29 is 4.39 Å². The number of aromatic nitrogens is 6. The van der Waals surface area contributed by atoms with Crippen LogP contribution in [0.1, 0.15) is 28.1 Å². The highest BCUT2D eigenvalue weighted by Crippen LogP contribution is 2.14. The maximum atomic E-state index is 13.4. The molecule has 2 aromatic heterocycles. The van der Waals surface area contributed by atoms with E-state index < -0.39 is 0 Å². The molecule has 164 valence electrons. The van der Waals surface area contributed by atoms with Gasteiger partial charge in [-0.2, -0.15) is 5.21 Å². The predicted molar refractivity (Wildman–Crippen MR) is 119 cm³/mol. The second kappa shape index (κ2) is 10.7. The van der Waals surface area contributed by atoms with Crippen LogP contribution >= 0.6 is 0 Å². The Hall–Kier alpha value is -3.56. The van der Waals surface area contributed by atoms with Gasteiger partial charge in [0.05, 0.1) is 5.69 Å². The van der Waals surface area contributed by atoms with Crippen molar-refractivity contribution in [2.45, 2.75) is 33.0 Å². The molecule has 0 fully saturated rings. The fraction of sp³-hybridized carbons (Fsp3) is 0.261. The summed E-state index contributed by atoms with van der Waals surface area (Å²) in [7, 11) is 0. The lowest BCUT2D eigenvalue weighted by atomic mass is 10.1. The van der Waals surface area contributed by atoms with Crippen LogP contribution in [0, 0.1) is 12.7 Å². The summed E-state index contributed by atoms with van der Waals surface area (Å²) in [5.41, 5.74) is 5.75. The topological polar surface area (TPSA) is 104 Å². The fourth-order valence-electron chi connectivity index (χ4n) is 3.33. The molecule has 0 radical (unpaired) electrons. The molecule has 2 aromatic carbocycles. The van der Waals surface area contributed by atoms with Crippen molar-refractivity contribution in [3.05, 3.63) is 88.8 Å². The molecule has 0 amide bonds. The van der Waals surface area contributed by atoms with Crippen LogP contribution in [-0.4, -0.2) is 37.1 Å². The van der Waals surface area contributed by atoms with E-state index in [0.29, 0.717) is 24.5 Å². The van der Waals surface area contributed by atoms with Gasteiger partial charge in [-0.05, 0) is 41.0 Å². The summed E-state index contributed by atoms with van der Waals surface area (Å²) in [5, 5.41) is 20.8. The SMILES string of the molecule is Cc1cc(CNCc2cc(CCNCc3ccc(-c4nn[nH]n4)cc3)ncn2)ccc1F. The Balaban J connectivity index is 1.19. The van der Waals surface area contributed by atoms with E-state index in [4.69, 9.17) is 0 Å². The first-order chi connectivity index (χ1) is 15.7. The Morgan fingerprint density at radius 3 is 2.44 bits per heavy atom. The van der Waals surface area contributed by atoms with Gasteiger partial charge < -0.3 is 10.6 Å². The smallest absolute Gasteiger partial charge is 0.204 e. The largest absolute Gasteiger partial charge is 0.312 e. The molecular weight excluding hydrogens is 407 g/mol. The summed E-state index contributed by atoms with van der Waals surface area (Å²) in [5.74, 6) is 0.412. The van der Waals surface area contributed by atoms with Crippen LogP contribution in [0.3, 0.4) is 0 Å². The zero-order valence-corrected chi connectivity index (χ0v) is 17.8. The maximum Gasteiger partial charge on any atom is 0.204 e. The molecule has 0 saturated heterocycles. The van der Waals surface area contributed by atoms with E-state index >= 15 is 0 Å². The van der Waals surface area contributed by atoms with E-state index in [-0.39, 0.29) is 5.82 Å². The lowest BCUT2D eigenvalue weighted by Crippen LogP contribution is -2.18. The number of benzene rings is 2. The van der Waals surface area contributed by atoms with Crippen molar-refractivity contribution in [3.8, 4) is 11.4 Å². The number of tetrazole rings is 1. The van der Waals surface area contributed by atoms with Gasteiger partial charge in [-0.15, -0.1) is 10.2 Å². The Bertz CT molecular complexity index is 1130. The number of nitrogens with one attached hydrogen (secondary N) is 3. The third-order valence-corrected chi connectivity index (χ3v) is 5.08. The van der Waals surface area contributed by atoms with E-state index in [2.05, 4.69) is 53.4 Å². The summed E-state index contributed by atoms with van der Waals surface area (Å²) in [6.45, 7) is 4.64. The predicted octanol–water partition coefficient (Wildman–Crippen LogP) is 2.73. The number of H-pyrrole nitrogens is 1. The van der Waals surface area contributed by atoms with Crippen molar-refractivity contribution >= 4 is 0 Å². The molecular formula is C23H25FN8. The van der Waals surface area contributed by atoms with E-state index in [1.807, 2.05) is 24.3 Å². The number of nitrogens with zero attached hydrogens (tertiary/aromatic N) is 5. The van der Waals surface area contributed by atoms with Crippen LogP contribution < -0.4 is 10.6 Å². The first kappa shape index (κ1) is 21.7. The number of halogens is 1. The Morgan fingerprint density at radius 2 is 1.66 bits per heavy atom. The lowest BCUT2D eigenvalue weighted by molar-refractivity contribution is 0.615. The number of rotatable bonds is 10. The second-order valence-electron chi connectivity index (χ2n) is 7.55. The molecule has 4 rings (SSSR count). The van der Waals surface area contributed by atoms with Crippen LogP contribution in [-0.2, 0) is 26.1 Å². The van der Waals surface area contributed by atoms with Crippen LogP contribution in [0.25, 0.3) is 11.4 Å². The third-order valence-electron chi connectivity index (χ3n) is 5.08. The highest BCUT2D eigenvalue weighted by atomic mass is 19.1. The summed E-state index contributed by atoms with van der Waals surface area (Å²) in [6, 6.07) is 15.3. The molecule has 0 aliphatic carbocycles. The van der Waals surface area contributed by atoms with Crippen molar-refractivity contribution in [1.29, 1.82) is 0 Å². The van der Waals surface area contributed by atoms with E-state index in [1.165, 1.54) is 11.6 Å².